The van der Waals surface area contributed by atoms with Gasteiger partial charge >= 0.3 is 0 Å². The molecule has 2 N–H and O–H groups in total. The van der Waals surface area contributed by atoms with E-state index in [-0.39, 0.29) is 5.56 Å². The van der Waals surface area contributed by atoms with Crippen molar-refractivity contribution in [2.45, 2.75) is 13.0 Å². The predicted octanol–water partition coefficient (Wildman–Crippen LogP) is 0.0807. The van der Waals surface area contributed by atoms with Crippen molar-refractivity contribution >= 4 is 11.2 Å². The van der Waals surface area contributed by atoms with Gasteiger partial charge in [0.25, 0.3) is 5.56 Å². The summed E-state index contributed by atoms with van der Waals surface area (Å²) in [5.41, 5.74) is 6.85. The molecule has 2 aromatic heterocycles. The highest BCUT2D eigenvalue weighted by molar-refractivity contribution is 5.70. The number of nitrogens with two attached hydrogens (primary N) is 1. The van der Waals surface area contributed by atoms with Gasteiger partial charge in [-0.2, -0.15) is 4.98 Å². The number of likely N-dealkylation sites (tertiary alicyclic amines) is 1. The largest absolute Gasteiger partial charge is 0.481 e. The molecule has 3 heterocycles. The molecule has 0 saturated carbocycles. The molecule has 0 radical (unpaired) electrons. The normalized spacial score (nSPS) is 18.9. The molecule has 118 valence electrons. The van der Waals surface area contributed by atoms with Gasteiger partial charge in [0.2, 0.25) is 5.88 Å². The number of aromatic nitrogens is 3. The summed E-state index contributed by atoms with van der Waals surface area (Å²) in [6.45, 7) is 4.18. The van der Waals surface area contributed by atoms with Crippen LogP contribution in [0.1, 0.15) is 6.42 Å². The Morgan fingerprint density at radius 2 is 2.27 bits per heavy atom. The third-order valence-electron chi connectivity index (χ3n) is 4.22. The number of rotatable bonds is 5. The summed E-state index contributed by atoms with van der Waals surface area (Å²) in [7, 11) is 1.56. The van der Waals surface area contributed by atoms with E-state index >= 15 is 0 Å². The molecular formula is C15H21N5O2. The van der Waals surface area contributed by atoms with Crippen LogP contribution in [-0.4, -0.2) is 52.7 Å². The molecule has 3 rings (SSSR count). The topological polar surface area (TPSA) is 86.3 Å². The van der Waals surface area contributed by atoms with Crippen molar-refractivity contribution in [2.75, 3.05) is 33.3 Å². The summed E-state index contributed by atoms with van der Waals surface area (Å²) in [6.07, 6.45) is 2.48. The van der Waals surface area contributed by atoms with Crippen LogP contribution in [0.25, 0.3) is 11.2 Å². The summed E-state index contributed by atoms with van der Waals surface area (Å²) in [6, 6.07) is 3.56. The highest BCUT2D eigenvalue weighted by Crippen LogP contribution is 2.16. The van der Waals surface area contributed by atoms with Crippen molar-refractivity contribution in [1.29, 1.82) is 0 Å². The van der Waals surface area contributed by atoms with E-state index in [4.69, 9.17) is 10.5 Å². The number of pyridine rings is 1. The molecule has 22 heavy (non-hydrogen) atoms. The first-order chi connectivity index (χ1) is 10.7. The molecule has 1 atom stereocenters. The van der Waals surface area contributed by atoms with E-state index in [1.165, 1.54) is 6.20 Å². The maximum Gasteiger partial charge on any atom is 0.270 e. The summed E-state index contributed by atoms with van der Waals surface area (Å²) >= 11 is 0. The molecule has 0 aliphatic carbocycles. The highest BCUT2D eigenvalue weighted by Gasteiger charge is 2.21. The fourth-order valence-corrected chi connectivity index (χ4v) is 2.90. The molecule has 1 aliphatic rings. The Morgan fingerprint density at radius 1 is 1.41 bits per heavy atom. The maximum atomic E-state index is 12.1. The van der Waals surface area contributed by atoms with Crippen LogP contribution in [0.4, 0.5) is 0 Å². The van der Waals surface area contributed by atoms with Crippen LogP contribution in [0.15, 0.2) is 23.1 Å². The lowest BCUT2D eigenvalue weighted by Crippen LogP contribution is -2.31. The number of hydrogen-bond donors (Lipinski definition) is 1. The van der Waals surface area contributed by atoms with Crippen molar-refractivity contribution in [3.63, 3.8) is 0 Å². The zero-order valence-corrected chi connectivity index (χ0v) is 12.7. The quantitative estimate of drug-likeness (QED) is 0.842. The van der Waals surface area contributed by atoms with E-state index in [1.807, 2.05) is 6.07 Å². The van der Waals surface area contributed by atoms with Gasteiger partial charge in [-0.3, -0.25) is 9.36 Å². The van der Waals surface area contributed by atoms with Gasteiger partial charge in [0.15, 0.2) is 5.65 Å². The van der Waals surface area contributed by atoms with Crippen molar-refractivity contribution in [3.8, 4) is 5.88 Å². The Bertz CT molecular complexity index is 715. The molecule has 1 unspecified atom stereocenters. The fraction of sp³-hybridized carbons (Fsp3) is 0.533. The zero-order valence-electron chi connectivity index (χ0n) is 12.7. The van der Waals surface area contributed by atoms with Crippen LogP contribution in [0.2, 0.25) is 0 Å². The lowest BCUT2D eigenvalue weighted by molar-refractivity contribution is 0.310. The highest BCUT2D eigenvalue weighted by atomic mass is 16.5. The van der Waals surface area contributed by atoms with Gasteiger partial charge in [-0.15, -0.1) is 0 Å². The SMILES string of the molecule is COc1ccc2ncc(=O)n(CCN3CCC(CN)C3)c2n1. The first-order valence-electron chi connectivity index (χ1n) is 7.54. The van der Waals surface area contributed by atoms with Crippen LogP contribution >= 0.6 is 0 Å². The smallest absolute Gasteiger partial charge is 0.270 e. The van der Waals surface area contributed by atoms with E-state index in [2.05, 4.69) is 14.9 Å². The molecule has 2 aromatic rings. The minimum atomic E-state index is -0.136. The van der Waals surface area contributed by atoms with Crippen LogP contribution in [0.3, 0.4) is 0 Å². The Morgan fingerprint density at radius 3 is 3.00 bits per heavy atom. The summed E-state index contributed by atoms with van der Waals surface area (Å²) in [5.74, 6) is 1.06. The molecule has 0 amide bonds. The molecule has 7 heteroatoms. The Balaban J connectivity index is 1.83. The standard InChI is InChI=1S/C15H21N5O2/c1-22-13-3-2-12-15(18-13)20(14(21)9-17-12)7-6-19-5-4-11(8-16)10-19/h2-3,9,11H,4-8,10,16H2,1H3. The minimum Gasteiger partial charge on any atom is -0.481 e. The molecule has 1 saturated heterocycles. The van der Waals surface area contributed by atoms with Gasteiger partial charge in [0, 0.05) is 25.7 Å². The lowest BCUT2D eigenvalue weighted by Gasteiger charge is -2.17. The summed E-state index contributed by atoms with van der Waals surface area (Å²) in [4.78, 5) is 23.0. The van der Waals surface area contributed by atoms with E-state index in [1.54, 1.807) is 17.7 Å². The second kappa shape index (κ2) is 6.41. The molecule has 0 spiro atoms. The maximum absolute atomic E-state index is 12.1. The van der Waals surface area contributed by atoms with Crippen molar-refractivity contribution in [1.82, 2.24) is 19.4 Å². The lowest BCUT2D eigenvalue weighted by atomic mass is 10.1. The van der Waals surface area contributed by atoms with Crippen molar-refractivity contribution in [3.05, 3.63) is 28.7 Å². The van der Waals surface area contributed by atoms with E-state index in [9.17, 15) is 4.79 Å². The monoisotopic (exact) mass is 303 g/mol. The Labute approximate surface area is 128 Å². The molecule has 1 aliphatic heterocycles. The zero-order chi connectivity index (χ0) is 15.5. The second-order valence-corrected chi connectivity index (χ2v) is 5.64. The van der Waals surface area contributed by atoms with Crippen LogP contribution < -0.4 is 16.0 Å². The third kappa shape index (κ3) is 2.95. The molecule has 0 aromatic carbocycles. The number of hydrogen-bond acceptors (Lipinski definition) is 6. The number of nitrogens with zero attached hydrogens (tertiary/aromatic N) is 4. The fourth-order valence-electron chi connectivity index (χ4n) is 2.90. The molecule has 7 nitrogen and oxygen atoms in total. The molecule has 1 fully saturated rings. The van der Waals surface area contributed by atoms with E-state index in [0.717, 1.165) is 32.6 Å². The number of ether oxygens (including phenoxy) is 1. The Hall–Kier alpha value is -1.99. The van der Waals surface area contributed by atoms with Crippen LogP contribution in [-0.2, 0) is 6.54 Å². The van der Waals surface area contributed by atoms with Gasteiger partial charge in [-0.25, -0.2) is 4.98 Å². The first-order valence-corrected chi connectivity index (χ1v) is 7.54. The van der Waals surface area contributed by atoms with Gasteiger partial charge in [0.1, 0.15) is 5.52 Å². The van der Waals surface area contributed by atoms with E-state index < -0.39 is 0 Å². The predicted molar refractivity (Wildman–Crippen MR) is 84.0 cm³/mol. The van der Waals surface area contributed by atoms with Gasteiger partial charge in [-0.05, 0) is 31.5 Å². The van der Waals surface area contributed by atoms with Gasteiger partial charge < -0.3 is 15.4 Å². The minimum absolute atomic E-state index is 0.136. The van der Waals surface area contributed by atoms with Crippen LogP contribution in [0, 0.1) is 5.92 Å². The molecular weight excluding hydrogens is 282 g/mol. The van der Waals surface area contributed by atoms with Gasteiger partial charge in [-0.1, -0.05) is 0 Å². The summed E-state index contributed by atoms with van der Waals surface area (Å²) < 4.78 is 6.81. The first kappa shape index (κ1) is 14.9. The van der Waals surface area contributed by atoms with E-state index in [0.29, 0.717) is 29.5 Å². The van der Waals surface area contributed by atoms with Gasteiger partial charge in [0.05, 0.1) is 13.3 Å². The van der Waals surface area contributed by atoms with Crippen molar-refractivity contribution in [2.24, 2.45) is 11.7 Å². The average Bonchev–Trinajstić information content (AvgIpc) is 3.01. The third-order valence-corrected chi connectivity index (χ3v) is 4.22. The average molecular weight is 303 g/mol. The number of fused-ring (bicyclic) bond motifs is 1. The molecule has 0 bridgehead atoms. The second-order valence-electron chi connectivity index (χ2n) is 5.64. The summed E-state index contributed by atoms with van der Waals surface area (Å²) in [5, 5.41) is 0. The van der Waals surface area contributed by atoms with Crippen LogP contribution in [0.5, 0.6) is 5.88 Å². The Kier molecular flexibility index (Phi) is 4.35. The van der Waals surface area contributed by atoms with Crippen molar-refractivity contribution < 1.29 is 4.74 Å². The number of methoxy groups -OCH3 is 1.